The first-order chi connectivity index (χ1) is 10.5. The molecule has 1 aromatic carbocycles. The largest absolute Gasteiger partial charge is 0.505 e. The average Bonchev–Trinajstić information content (AvgIpc) is 3.18. The maximum absolute atomic E-state index is 11.2. The molecule has 4 rings (SSSR count). The van der Waals surface area contributed by atoms with Gasteiger partial charge in [0.2, 0.25) is 5.91 Å². The first-order valence-electron chi connectivity index (χ1n) is 6.91. The van der Waals surface area contributed by atoms with Gasteiger partial charge in [-0.25, -0.2) is 4.98 Å². The normalized spacial score (nSPS) is 20.5. The number of amides is 1. The number of rotatable bonds is 2. The van der Waals surface area contributed by atoms with Crippen LogP contribution in [0.1, 0.15) is 10.6 Å². The quantitative estimate of drug-likeness (QED) is 0.865. The zero-order valence-corrected chi connectivity index (χ0v) is 13.5. The van der Waals surface area contributed by atoms with Gasteiger partial charge in [0.15, 0.2) is 0 Å². The molecule has 8 heteroatoms. The number of aromatic hydroxyl groups is 1. The number of carbonyl (C=O) groups is 1. The zero-order chi connectivity index (χ0) is 15.4. The van der Waals surface area contributed by atoms with Crippen LogP contribution in [0.3, 0.4) is 0 Å². The molecule has 1 aromatic heterocycles. The predicted molar refractivity (Wildman–Crippen MR) is 90.2 cm³/mol. The van der Waals surface area contributed by atoms with Gasteiger partial charge in [-0.3, -0.25) is 9.79 Å². The van der Waals surface area contributed by atoms with Crippen LogP contribution in [0, 0.1) is 0 Å². The molecule has 3 N–H and O–H groups in total. The molecule has 0 unspecified atom stereocenters. The molecule has 114 valence electrons. The molecule has 2 aliphatic rings. The minimum Gasteiger partial charge on any atom is -0.505 e. The summed E-state index contributed by atoms with van der Waals surface area (Å²) in [7, 11) is 2.02. The van der Waals surface area contributed by atoms with Crippen molar-refractivity contribution < 1.29 is 9.90 Å². The highest BCUT2D eigenvalue weighted by Crippen LogP contribution is 2.42. The second-order valence-corrected chi connectivity index (χ2v) is 7.46. The lowest BCUT2D eigenvalue weighted by Crippen LogP contribution is -2.26. The number of likely N-dealkylation sites (N-methyl/N-ethyl adjacent to an activating group) is 1. The number of benzene rings is 1. The molecule has 3 heterocycles. The number of aromatic nitrogens is 1. The van der Waals surface area contributed by atoms with E-state index >= 15 is 0 Å². The van der Waals surface area contributed by atoms with E-state index in [0.717, 1.165) is 39.0 Å². The molecular formula is C14H14N4O2S2. The molecule has 2 aliphatic heterocycles. The molecule has 2 aromatic rings. The summed E-state index contributed by atoms with van der Waals surface area (Å²) in [6.07, 6.45) is 0.833. The zero-order valence-electron chi connectivity index (χ0n) is 11.9. The van der Waals surface area contributed by atoms with Crippen LogP contribution >= 0.6 is 23.1 Å². The molecule has 1 atom stereocenters. The number of primary amides is 1. The van der Waals surface area contributed by atoms with Crippen LogP contribution in [0.4, 0.5) is 5.69 Å². The van der Waals surface area contributed by atoms with Crippen LogP contribution in [0.5, 0.6) is 5.75 Å². The van der Waals surface area contributed by atoms with E-state index in [1.54, 1.807) is 0 Å². The van der Waals surface area contributed by atoms with E-state index in [1.165, 1.54) is 23.1 Å². The Kier molecular flexibility index (Phi) is 3.05. The van der Waals surface area contributed by atoms with Crippen molar-refractivity contribution in [1.82, 2.24) is 4.98 Å². The Morgan fingerprint density at radius 1 is 1.55 bits per heavy atom. The number of hydrogen-bond acceptors (Lipinski definition) is 7. The van der Waals surface area contributed by atoms with E-state index in [2.05, 4.69) is 20.9 Å². The fraction of sp³-hybridized carbons (Fsp3) is 0.357. The van der Waals surface area contributed by atoms with E-state index < -0.39 is 11.9 Å². The van der Waals surface area contributed by atoms with Crippen molar-refractivity contribution in [2.24, 2.45) is 10.7 Å². The summed E-state index contributed by atoms with van der Waals surface area (Å²) in [5.41, 5.74) is 7.95. The Hall–Kier alpha value is -1.80. The van der Waals surface area contributed by atoms with E-state index in [-0.39, 0.29) is 5.75 Å². The lowest BCUT2D eigenvalue weighted by molar-refractivity contribution is -0.118. The maximum atomic E-state index is 11.2. The second-order valence-electron chi connectivity index (χ2n) is 5.42. The van der Waals surface area contributed by atoms with Crippen LogP contribution in [0.15, 0.2) is 11.1 Å². The van der Waals surface area contributed by atoms with E-state index in [1.807, 2.05) is 7.05 Å². The Bertz CT molecular complexity index is 830. The minimum absolute atomic E-state index is 0.273. The summed E-state index contributed by atoms with van der Waals surface area (Å²) >= 11 is 2.98. The van der Waals surface area contributed by atoms with Crippen molar-refractivity contribution in [1.29, 1.82) is 0 Å². The molecular weight excluding hydrogens is 320 g/mol. The molecule has 22 heavy (non-hydrogen) atoms. The minimum atomic E-state index is -0.475. The molecule has 1 amide bonds. The third-order valence-electron chi connectivity index (χ3n) is 4.01. The number of phenolic OH excluding ortho intramolecular Hbond substituents is 1. The molecule has 0 fully saturated rings. The van der Waals surface area contributed by atoms with Crippen LogP contribution in [0.2, 0.25) is 0 Å². The van der Waals surface area contributed by atoms with Gasteiger partial charge in [-0.2, -0.15) is 0 Å². The van der Waals surface area contributed by atoms with Crippen LogP contribution < -0.4 is 10.6 Å². The molecule has 0 aliphatic carbocycles. The number of hydrogen-bond donors (Lipinski definition) is 2. The molecule has 0 spiro atoms. The molecule has 0 radical (unpaired) electrons. The van der Waals surface area contributed by atoms with Gasteiger partial charge < -0.3 is 15.7 Å². The average molecular weight is 334 g/mol. The van der Waals surface area contributed by atoms with Crippen molar-refractivity contribution >= 4 is 50.0 Å². The van der Waals surface area contributed by atoms with E-state index in [0.29, 0.717) is 11.3 Å². The third-order valence-corrected chi connectivity index (χ3v) is 6.20. The Morgan fingerprint density at radius 2 is 2.36 bits per heavy atom. The van der Waals surface area contributed by atoms with Gasteiger partial charge in [0.05, 0.1) is 4.70 Å². The fourth-order valence-corrected chi connectivity index (χ4v) is 4.91. The van der Waals surface area contributed by atoms with Crippen molar-refractivity contribution in [3.63, 3.8) is 0 Å². The highest BCUT2D eigenvalue weighted by molar-refractivity contribution is 8.15. The highest BCUT2D eigenvalue weighted by Gasteiger charge is 2.28. The Morgan fingerprint density at radius 3 is 3.09 bits per heavy atom. The van der Waals surface area contributed by atoms with Gasteiger partial charge in [-0.15, -0.1) is 23.1 Å². The van der Waals surface area contributed by atoms with Crippen molar-refractivity contribution in [2.45, 2.75) is 12.5 Å². The summed E-state index contributed by atoms with van der Waals surface area (Å²) in [5, 5.41) is 12.0. The first kappa shape index (κ1) is 13.8. The smallest absolute Gasteiger partial charge is 0.243 e. The van der Waals surface area contributed by atoms with Crippen molar-refractivity contribution in [2.75, 3.05) is 24.2 Å². The van der Waals surface area contributed by atoms with Gasteiger partial charge in [0, 0.05) is 30.6 Å². The first-order valence-corrected chi connectivity index (χ1v) is 8.71. The lowest BCUT2D eigenvalue weighted by Gasteiger charge is -2.11. The third kappa shape index (κ3) is 1.98. The molecule has 0 bridgehead atoms. The standard InChI is InChI=1S/C14H14N4O2S2/c1-18-3-2-6-8(18)4-9-10(11(6)19)17-14(22-9)13-16-7(5-21-13)12(15)20/h4,7,19H,2-3,5H2,1H3,(H2,15,20)/t7-/m1/s1. The lowest BCUT2D eigenvalue weighted by atomic mass is 10.1. The maximum Gasteiger partial charge on any atom is 0.243 e. The van der Waals surface area contributed by atoms with Gasteiger partial charge in [0.25, 0.3) is 0 Å². The summed E-state index contributed by atoms with van der Waals surface area (Å²) in [4.78, 5) is 22.2. The van der Waals surface area contributed by atoms with Gasteiger partial charge in [0.1, 0.15) is 27.4 Å². The van der Waals surface area contributed by atoms with Crippen molar-refractivity contribution in [3.05, 3.63) is 16.6 Å². The Labute approximate surface area is 135 Å². The Balaban J connectivity index is 1.81. The number of thioether (sulfide) groups is 1. The van der Waals surface area contributed by atoms with E-state index in [4.69, 9.17) is 5.73 Å². The summed E-state index contributed by atoms with van der Waals surface area (Å²) in [5.74, 6) is 0.424. The van der Waals surface area contributed by atoms with Crippen molar-refractivity contribution in [3.8, 4) is 5.75 Å². The van der Waals surface area contributed by atoms with E-state index in [9.17, 15) is 9.90 Å². The fourth-order valence-electron chi connectivity index (χ4n) is 2.79. The number of aliphatic imine (C=N–C) groups is 1. The summed E-state index contributed by atoms with van der Waals surface area (Å²) in [6.45, 7) is 0.913. The SMILES string of the molecule is CN1CCc2c1cc1sc(C3=N[C@@H](C(N)=O)CS3)nc1c2O. The van der Waals surface area contributed by atoms with Gasteiger partial charge >= 0.3 is 0 Å². The van der Waals surface area contributed by atoms with Crippen LogP contribution in [-0.2, 0) is 11.2 Å². The molecule has 0 saturated carbocycles. The summed E-state index contributed by atoms with van der Waals surface area (Å²) in [6, 6.07) is 1.60. The number of nitrogens with two attached hydrogens (primary N) is 1. The number of carbonyl (C=O) groups excluding carboxylic acids is 1. The summed E-state index contributed by atoms with van der Waals surface area (Å²) < 4.78 is 0.936. The molecule has 0 saturated heterocycles. The topological polar surface area (TPSA) is 91.8 Å². The van der Waals surface area contributed by atoms with Gasteiger partial charge in [-0.05, 0) is 12.5 Å². The molecule has 6 nitrogen and oxygen atoms in total. The monoisotopic (exact) mass is 334 g/mol. The number of phenols is 1. The van der Waals surface area contributed by atoms with Crippen LogP contribution in [0.25, 0.3) is 10.2 Å². The number of fused-ring (bicyclic) bond motifs is 2. The number of anilines is 1. The number of thiazole rings is 1. The second kappa shape index (κ2) is 4.85. The van der Waals surface area contributed by atoms with Crippen LogP contribution in [-0.4, -0.2) is 46.4 Å². The van der Waals surface area contributed by atoms with Gasteiger partial charge in [-0.1, -0.05) is 0 Å². The predicted octanol–water partition coefficient (Wildman–Crippen LogP) is 1.34. The highest BCUT2D eigenvalue weighted by atomic mass is 32.2. The number of nitrogens with zero attached hydrogens (tertiary/aromatic N) is 3.